The SMILES string of the molecule is O=C1C[C@@H](c2ccc(OCc3ccc(Cl)cc3Cl)c(I)c2)n2ncnc2N1. The normalized spacial score (nSPS) is 16.0. The summed E-state index contributed by atoms with van der Waals surface area (Å²) in [6.07, 6.45) is 1.75. The van der Waals surface area contributed by atoms with Crippen LogP contribution in [-0.2, 0) is 11.4 Å². The molecule has 0 bridgehead atoms. The average Bonchev–Trinajstić information content (AvgIpc) is 3.09. The average molecular weight is 515 g/mol. The first-order valence-corrected chi connectivity index (χ1v) is 9.90. The molecule has 1 N–H and O–H groups in total. The van der Waals surface area contributed by atoms with Gasteiger partial charge >= 0.3 is 0 Å². The molecule has 1 aliphatic rings. The summed E-state index contributed by atoms with van der Waals surface area (Å²) < 4.78 is 8.57. The van der Waals surface area contributed by atoms with Crippen LogP contribution in [0.1, 0.15) is 23.6 Å². The third-order valence-electron chi connectivity index (χ3n) is 4.24. The molecule has 1 amide bonds. The predicted molar refractivity (Wildman–Crippen MR) is 111 cm³/mol. The number of hydrogen-bond acceptors (Lipinski definition) is 4. The first-order chi connectivity index (χ1) is 13.0. The second kappa shape index (κ2) is 7.65. The van der Waals surface area contributed by atoms with E-state index < -0.39 is 0 Å². The number of halogens is 3. The molecule has 3 aromatic rings. The van der Waals surface area contributed by atoms with Crippen LogP contribution < -0.4 is 10.1 Å². The molecule has 0 saturated heterocycles. The number of carbonyl (C=O) groups excluding carboxylic acids is 1. The van der Waals surface area contributed by atoms with Crippen LogP contribution in [0.4, 0.5) is 5.95 Å². The van der Waals surface area contributed by atoms with Gasteiger partial charge in [-0.25, -0.2) is 4.68 Å². The molecule has 1 aromatic heterocycles. The van der Waals surface area contributed by atoms with E-state index in [1.54, 1.807) is 16.8 Å². The number of hydrogen-bond donors (Lipinski definition) is 1. The number of anilines is 1. The quantitative estimate of drug-likeness (QED) is 0.512. The monoisotopic (exact) mass is 514 g/mol. The zero-order valence-corrected chi connectivity index (χ0v) is 17.5. The van der Waals surface area contributed by atoms with Crippen molar-refractivity contribution >= 4 is 57.6 Å². The topological polar surface area (TPSA) is 69.0 Å². The Morgan fingerprint density at radius 2 is 2.11 bits per heavy atom. The fraction of sp³-hybridized carbons (Fsp3) is 0.167. The molecular weight excluding hydrogens is 502 g/mol. The Labute approximate surface area is 179 Å². The highest BCUT2D eigenvalue weighted by molar-refractivity contribution is 14.1. The molecular formula is C18H13Cl2IN4O2. The molecule has 6 nitrogen and oxygen atoms in total. The standard InChI is InChI=1S/C18H13Cl2IN4O2/c19-12-3-1-11(13(20)6-12)8-27-16-4-2-10(5-14(16)21)15-7-17(26)24-18-22-9-23-25(15)18/h1-6,9,15H,7-8H2,(H,22,23,24,26)/t15-/m0/s1. The molecule has 4 rings (SSSR count). The van der Waals surface area contributed by atoms with Gasteiger partial charge in [0, 0.05) is 15.6 Å². The van der Waals surface area contributed by atoms with E-state index in [1.807, 2.05) is 24.3 Å². The van der Waals surface area contributed by atoms with Crippen LogP contribution >= 0.6 is 45.8 Å². The van der Waals surface area contributed by atoms with E-state index in [0.717, 1.165) is 20.4 Å². The summed E-state index contributed by atoms with van der Waals surface area (Å²) in [5.74, 6) is 1.13. The molecule has 0 saturated carbocycles. The second-order valence-electron chi connectivity index (χ2n) is 6.01. The molecule has 0 spiro atoms. The van der Waals surface area contributed by atoms with Crippen molar-refractivity contribution in [3.63, 3.8) is 0 Å². The maximum atomic E-state index is 11.9. The summed E-state index contributed by atoms with van der Waals surface area (Å²) in [5, 5.41) is 8.10. The van der Waals surface area contributed by atoms with Crippen LogP contribution in [0.5, 0.6) is 5.75 Å². The number of aromatic nitrogens is 3. The Kier molecular flexibility index (Phi) is 5.25. The number of nitrogens with one attached hydrogen (secondary N) is 1. The van der Waals surface area contributed by atoms with Crippen molar-refractivity contribution in [2.45, 2.75) is 19.1 Å². The van der Waals surface area contributed by atoms with Crippen LogP contribution in [0.15, 0.2) is 42.7 Å². The number of fused-ring (bicyclic) bond motifs is 1. The lowest BCUT2D eigenvalue weighted by Gasteiger charge is -2.24. The van der Waals surface area contributed by atoms with E-state index in [2.05, 4.69) is 38.0 Å². The van der Waals surface area contributed by atoms with Gasteiger partial charge < -0.3 is 4.74 Å². The van der Waals surface area contributed by atoms with E-state index >= 15 is 0 Å². The lowest BCUT2D eigenvalue weighted by molar-refractivity contribution is -0.117. The smallest absolute Gasteiger partial charge is 0.229 e. The van der Waals surface area contributed by atoms with E-state index in [9.17, 15) is 4.79 Å². The number of nitrogens with zero attached hydrogens (tertiary/aromatic N) is 3. The zero-order valence-electron chi connectivity index (χ0n) is 13.8. The summed E-state index contributed by atoms with van der Waals surface area (Å²) >= 11 is 14.3. The minimum absolute atomic E-state index is 0.0757. The maximum absolute atomic E-state index is 11.9. The van der Waals surface area contributed by atoms with Crippen molar-refractivity contribution in [3.8, 4) is 5.75 Å². The Bertz CT molecular complexity index is 1020. The van der Waals surface area contributed by atoms with Crippen molar-refractivity contribution in [2.75, 3.05) is 5.32 Å². The molecule has 0 radical (unpaired) electrons. The van der Waals surface area contributed by atoms with Gasteiger partial charge in [-0.05, 0) is 52.4 Å². The van der Waals surface area contributed by atoms with Crippen molar-refractivity contribution in [2.24, 2.45) is 0 Å². The maximum Gasteiger partial charge on any atom is 0.229 e. The van der Waals surface area contributed by atoms with Gasteiger partial charge in [0.05, 0.1) is 16.0 Å². The van der Waals surface area contributed by atoms with Crippen LogP contribution in [-0.4, -0.2) is 20.7 Å². The molecule has 138 valence electrons. The number of benzene rings is 2. The van der Waals surface area contributed by atoms with Crippen LogP contribution in [0.3, 0.4) is 0 Å². The summed E-state index contributed by atoms with van der Waals surface area (Å²) in [7, 11) is 0. The van der Waals surface area contributed by atoms with E-state index in [0.29, 0.717) is 29.0 Å². The largest absolute Gasteiger partial charge is 0.488 e. The lowest BCUT2D eigenvalue weighted by Crippen LogP contribution is -2.29. The van der Waals surface area contributed by atoms with Gasteiger partial charge in [0.2, 0.25) is 11.9 Å². The third kappa shape index (κ3) is 3.90. The minimum Gasteiger partial charge on any atom is -0.488 e. The number of carbonyl (C=O) groups is 1. The van der Waals surface area contributed by atoms with Crippen LogP contribution in [0.2, 0.25) is 10.0 Å². The predicted octanol–water partition coefficient (Wildman–Crippen LogP) is 4.70. The van der Waals surface area contributed by atoms with Crippen LogP contribution in [0, 0.1) is 3.57 Å². The van der Waals surface area contributed by atoms with Gasteiger partial charge in [0.1, 0.15) is 18.7 Å². The van der Waals surface area contributed by atoms with Crippen LogP contribution in [0.25, 0.3) is 0 Å². The Balaban J connectivity index is 1.54. The molecule has 27 heavy (non-hydrogen) atoms. The summed E-state index contributed by atoms with van der Waals surface area (Å²) in [6.45, 7) is 0.338. The zero-order chi connectivity index (χ0) is 19.0. The van der Waals surface area contributed by atoms with E-state index in [4.69, 9.17) is 27.9 Å². The summed E-state index contributed by atoms with van der Waals surface area (Å²) in [6, 6.07) is 11.0. The molecule has 2 heterocycles. The Morgan fingerprint density at radius 1 is 1.26 bits per heavy atom. The van der Waals surface area contributed by atoms with Gasteiger partial charge in [-0.1, -0.05) is 35.3 Å². The van der Waals surface area contributed by atoms with Gasteiger partial charge in [0.15, 0.2) is 0 Å². The first kappa shape index (κ1) is 18.5. The third-order valence-corrected chi connectivity index (χ3v) is 5.67. The summed E-state index contributed by atoms with van der Waals surface area (Å²) in [4.78, 5) is 16.0. The second-order valence-corrected chi connectivity index (χ2v) is 8.02. The summed E-state index contributed by atoms with van der Waals surface area (Å²) in [5.41, 5.74) is 1.83. The number of amides is 1. The fourth-order valence-electron chi connectivity index (χ4n) is 2.90. The number of rotatable bonds is 4. The fourth-order valence-corrected chi connectivity index (χ4v) is 4.06. The van der Waals surface area contributed by atoms with Gasteiger partial charge in [-0.2, -0.15) is 10.1 Å². The van der Waals surface area contributed by atoms with Gasteiger partial charge in [-0.15, -0.1) is 0 Å². The van der Waals surface area contributed by atoms with Crippen molar-refractivity contribution in [1.82, 2.24) is 14.8 Å². The highest BCUT2D eigenvalue weighted by atomic mass is 127. The molecule has 0 unspecified atom stereocenters. The van der Waals surface area contributed by atoms with Crippen molar-refractivity contribution < 1.29 is 9.53 Å². The molecule has 1 atom stereocenters. The van der Waals surface area contributed by atoms with Gasteiger partial charge in [-0.3, -0.25) is 10.1 Å². The first-order valence-electron chi connectivity index (χ1n) is 8.07. The van der Waals surface area contributed by atoms with E-state index in [-0.39, 0.29) is 11.9 Å². The number of ether oxygens (including phenoxy) is 1. The molecule has 9 heteroatoms. The Hall–Kier alpha value is -1.84. The van der Waals surface area contributed by atoms with Crippen molar-refractivity contribution in [1.29, 1.82) is 0 Å². The van der Waals surface area contributed by atoms with Crippen molar-refractivity contribution in [3.05, 3.63) is 67.5 Å². The van der Waals surface area contributed by atoms with E-state index in [1.165, 1.54) is 6.33 Å². The molecule has 1 aliphatic heterocycles. The lowest BCUT2D eigenvalue weighted by atomic mass is 10.0. The molecule has 0 fully saturated rings. The molecule has 0 aliphatic carbocycles. The van der Waals surface area contributed by atoms with Gasteiger partial charge in [0.25, 0.3) is 0 Å². The highest BCUT2D eigenvalue weighted by Crippen LogP contribution is 2.32. The Morgan fingerprint density at radius 3 is 2.89 bits per heavy atom. The highest BCUT2D eigenvalue weighted by Gasteiger charge is 2.28. The minimum atomic E-state index is -0.190. The molecule has 2 aromatic carbocycles.